The number of nitrogens with zero attached hydrogens (tertiary/aromatic N) is 2. The molecule has 0 saturated carbocycles. The van der Waals surface area contributed by atoms with Crippen molar-refractivity contribution >= 4 is 41.7 Å². The molecular weight excluding hydrogens is 395 g/mol. The standard InChI is InChI=1S/C15H32N4S.HI/c1-6-13-12-19(10-11-20-13)14(16-7-2)17-8-9-18-15(3,4)5;/h13,18H,6-12H2,1-5H3,(H,16,17);1H. The molecule has 1 atom stereocenters. The summed E-state index contributed by atoms with van der Waals surface area (Å²) in [4.78, 5) is 7.19. The summed E-state index contributed by atoms with van der Waals surface area (Å²) >= 11 is 2.10. The van der Waals surface area contributed by atoms with E-state index in [0.29, 0.717) is 0 Å². The molecule has 21 heavy (non-hydrogen) atoms. The number of hydrogen-bond acceptors (Lipinski definition) is 3. The molecule has 1 rings (SSSR count). The lowest BCUT2D eigenvalue weighted by molar-refractivity contribution is 0.404. The van der Waals surface area contributed by atoms with Gasteiger partial charge in [-0.25, -0.2) is 0 Å². The van der Waals surface area contributed by atoms with Gasteiger partial charge in [0.25, 0.3) is 0 Å². The summed E-state index contributed by atoms with van der Waals surface area (Å²) in [5, 5.41) is 7.67. The van der Waals surface area contributed by atoms with Gasteiger partial charge in [0, 0.05) is 42.7 Å². The van der Waals surface area contributed by atoms with E-state index in [1.54, 1.807) is 0 Å². The fourth-order valence-electron chi connectivity index (χ4n) is 2.18. The van der Waals surface area contributed by atoms with Gasteiger partial charge in [0.15, 0.2) is 5.96 Å². The number of nitrogens with one attached hydrogen (secondary N) is 2. The van der Waals surface area contributed by atoms with Gasteiger partial charge in [-0.05, 0) is 34.1 Å². The first kappa shape index (κ1) is 21.3. The molecule has 126 valence electrons. The molecule has 1 heterocycles. The predicted molar refractivity (Wildman–Crippen MR) is 107 cm³/mol. The van der Waals surface area contributed by atoms with Crippen LogP contribution in [0.4, 0.5) is 0 Å². The van der Waals surface area contributed by atoms with E-state index in [0.717, 1.165) is 43.9 Å². The van der Waals surface area contributed by atoms with Gasteiger partial charge in [0.05, 0.1) is 6.54 Å². The van der Waals surface area contributed by atoms with Gasteiger partial charge >= 0.3 is 0 Å². The van der Waals surface area contributed by atoms with Crippen LogP contribution in [0.1, 0.15) is 41.0 Å². The van der Waals surface area contributed by atoms with Crippen molar-refractivity contribution in [1.82, 2.24) is 15.5 Å². The van der Waals surface area contributed by atoms with Gasteiger partial charge in [-0.3, -0.25) is 4.99 Å². The monoisotopic (exact) mass is 428 g/mol. The Balaban J connectivity index is 0.00000400. The maximum atomic E-state index is 4.77. The molecule has 2 N–H and O–H groups in total. The van der Waals surface area contributed by atoms with E-state index in [1.165, 1.54) is 12.2 Å². The van der Waals surface area contributed by atoms with Crippen LogP contribution in [0.25, 0.3) is 0 Å². The second kappa shape index (κ2) is 10.9. The van der Waals surface area contributed by atoms with Gasteiger partial charge in [-0.2, -0.15) is 11.8 Å². The Hall–Kier alpha value is 0.310. The first-order chi connectivity index (χ1) is 9.46. The molecule has 1 aliphatic rings. The Bertz CT molecular complexity index is 305. The first-order valence-electron chi connectivity index (χ1n) is 7.86. The van der Waals surface area contributed by atoms with Gasteiger partial charge in [0.1, 0.15) is 0 Å². The predicted octanol–water partition coefficient (Wildman–Crippen LogP) is 2.79. The van der Waals surface area contributed by atoms with Gasteiger partial charge < -0.3 is 15.5 Å². The van der Waals surface area contributed by atoms with Crippen molar-refractivity contribution in [1.29, 1.82) is 0 Å². The highest BCUT2D eigenvalue weighted by Gasteiger charge is 2.21. The van der Waals surface area contributed by atoms with Gasteiger partial charge in [-0.15, -0.1) is 24.0 Å². The van der Waals surface area contributed by atoms with Crippen molar-refractivity contribution in [3.05, 3.63) is 0 Å². The largest absolute Gasteiger partial charge is 0.357 e. The number of hydrogen-bond donors (Lipinski definition) is 2. The zero-order valence-corrected chi connectivity index (χ0v) is 17.4. The minimum atomic E-state index is 0. The van der Waals surface area contributed by atoms with Crippen LogP contribution in [0.3, 0.4) is 0 Å². The summed E-state index contributed by atoms with van der Waals surface area (Å²) in [5.41, 5.74) is 0.170. The lowest BCUT2D eigenvalue weighted by Gasteiger charge is -2.34. The van der Waals surface area contributed by atoms with Crippen LogP contribution in [0.2, 0.25) is 0 Å². The fraction of sp³-hybridized carbons (Fsp3) is 0.933. The molecule has 1 aliphatic heterocycles. The van der Waals surface area contributed by atoms with Gasteiger partial charge in [-0.1, -0.05) is 6.92 Å². The fourth-order valence-corrected chi connectivity index (χ4v) is 3.36. The van der Waals surface area contributed by atoms with Crippen LogP contribution in [-0.2, 0) is 0 Å². The number of aliphatic imine (C=N–C) groups is 1. The number of guanidine groups is 1. The second-order valence-corrected chi connectivity index (χ2v) is 7.67. The summed E-state index contributed by atoms with van der Waals surface area (Å²) in [6.45, 7) is 15.9. The van der Waals surface area contributed by atoms with E-state index in [-0.39, 0.29) is 29.5 Å². The van der Waals surface area contributed by atoms with Crippen molar-refractivity contribution in [2.75, 3.05) is 38.5 Å². The maximum absolute atomic E-state index is 4.77. The molecule has 4 nitrogen and oxygen atoms in total. The van der Waals surface area contributed by atoms with E-state index in [1.807, 2.05) is 0 Å². The van der Waals surface area contributed by atoms with Crippen molar-refractivity contribution in [2.45, 2.75) is 51.8 Å². The lowest BCUT2D eigenvalue weighted by Crippen LogP contribution is -2.48. The Kier molecular flexibility index (Phi) is 11.1. The smallest absolute Gasteiger partial charge is 0.194 e. The van der Waals surface area contributed by atoms with Crippen LogP contribution in [0.5, 0.6) is 0 Å². The zero-order chi connectivity index (χ0) is 15.0. The van der Waals surface area contributed by atoms with Crippen molar-refractivity contribution in [3.8, 4) is 0 Å². The van der Waals surface area contributed by atoms with Crippen molar-refractivity contribution < 1.29 is 0 Å². The van der Waals surface area contributed by atoms with E-state index in [4.69, 9.17) is 4.99 Å². The Morgan fingerprint density at radius 2 is 2.05 bits per heavy atom. The minimum Gasteiger partial charge on any atom is -0.357 e. The number of rotatable bonds is 5. The average molecular weight is 428 g/mol. The molecule has 6 heteroatoms. The summed E-state index contributed by atoms with van der Waals surface area (Å²) < 4.78 is 0. The van der Waals surface area contributed by atoms with Crippen LogP contribution in [0.15, 0.2) is 4.99 Å². The quantitative estimate of drug-likeness (QED) is 0.306. The molecule has 0 bridgehead atoms. The van der Waals surface area contributed by atoms with Gasteiger partial charge in [0.2, 0.25) is 0 Å². The minimum absolute atomic E-state index is 0. The Morgan fingerprint density at radius 3 is 2.62 bits per heavy atom. The third-order valence-electron chi connectivity index (χ3n) is 3.26. The molecule has 0 amide bonds. The SMILES string of the molecule is CCNC(=NCCNC(C)(C)C)N1CCSC(CC)C1.I. The van der Waals surface area contributed by atoms with E-state index in [2.05, 4.69) is 61.9 Å². The summed E-state index contributed by atoms with van der Waals surface area (Å²) in [6, 6.07) is 0. The second-order valence-electron chi connectivity index (χ2n) is 6.26. The molecule has 0 radical (unpaired) electrons. The number of thioether (sulfide) groups is 1. The molecule has 1 unspecified atom stereocenters. The topological polar surface area (TPSA) is 39.7 Å². The lowest BCUT2D eigenvalue weighted by atomic mass is 10.1. The number of halogens is 1. The summed E-state index contributed by atoms with van der Waals surface area (Å²) in [7, 11) is 0. The summed E-state index contributed by atoms with van der Waals surface area (Å²) in [5.74, 6) is 2.30. The first-order valence-corrected chi connectivity index (χ1v) is 8.91. The van der Waals surface area contributed by atoms with E-state index in [9.17, 15) is 0 Å². The molecule has 0 aromatic carbocycles. The Labute approximate surface area is 152 Å². The molecular formula is C15H33IN4S. The molecule has 0 aliphatic carbocycles. The average Bonchev–Trinajstić information content (AvgIpc) is 2.41. The highest BCUT2D eigenvalue weighted by Crippen LogP contribution is 2.20. The van der Waals surface area contributed by atoms with Crippen LogP contribution >= 0.6 is 35.7 Å². The Morgan fingerprint density at radius 1 is 1.33 bits per heavy atom. The normalized spacial score (nSPS) is 20.1. The molecule has 1 saturated heterocycles. The third-order valence-corrected chi connectivity index (χ3v) is 4.63. The highest BCUT2D eigenvalue weighted by atomic mass is 127. The van der Waals surface area contributed by atoms with E-state index < -0.39 is 0 Å². The highest BCUT2D eigenvalue weighted by molar-refractivity contribution is 14.0. The van der Waals surface area contributed by atoms with E-state index >= 15 is 0 Å². The zero-order valence-electron chi connectivity index (χ0n) is 14.2. The van der Waals surface area contributed by atoms with Crippen LogP contribution in [0, 0.1) is 0 Å². The molecule has 0 aromatic heterocycles. The molecule has 0 spiro atoms. The maximum Gasteiger partial charge on any atom is 0.194 e. The van der Waals surface area contributed by atoms with Crippen molar-refractivity contribution in [2.24, 2.45) is 4.99 Å². The van der Waals surface area contributed by atoms with Crippen LogP contribution in [-0.4, -0.2) is 60.1 Å². The molecule has 1 fully saturated rings. The molecule has 0 aromatic rings. The van der Waals surface area contributed by atoms with Crippen LogP contribution < -0.4 is 10.6 Å². The summed E-state index contributed by atoms with van der Waals surface area (Å²) in [6.07, 6.45) is 1.24. The third kappa shape index (κ3) is 9.13. The van der Waals surface area contributed by atoms with Crippen molar-refractivity contribution in [3.63, 3.8) is 0 Å².